The molecule has 0 aromatic carbocycles. The fourth-order valence-electron chi connectivity index (χ4n) is 1.53. The van der Waals surface area contributed by atoms with E-state index in [2.05, 4.69) is 26.6 Å². The smallest absolute Gasteiger partial charge is 0.185 e. The molecule has 0 spiro atoms. The summed E-state index contributed by atoms with van der Waals surface area (Å²) < 4.78 is 0. The molecule has 0 bridgehead atoms. The van der Waals surface area contributed by atoms with Gasteiger partial charge in [0.05, 0.1) is 18.2 Å². The second-order valence-corrected chi connectivity index (χ2v) is 5.44. The molecule has 0 aliphatic heterocycles. The maximum Gasteiger partial charge on any atom is 0.185 e. The average molecular weight is 250 g/mol. The molecule has 0 radical (unpaired) electrons. The molecular weight excluding hydrogens is 232 g/mol. The van der Waals surface area contributed by atoms with Crippen LogP contribution in [0.25, 0.3) is 0 Å². The van der Waals surface area contributed by atoms with E-state index in [1.54, 1.807) is 11.3 Å². The number of hydrogen-bond acceptors (Lipinski definition) is 5. The zero-order valence-electron chi connectivity index (χ0n) is 10.3. The van der Waals surface area contributed by atoms with E-state index in [0.29, 0.717) is 6.42 Å². The van der Waals surface area contributed by atoms with Crippen LogP contribution in [0.15, 0.2) is 5.38 Å². The van der Waals surface area contributed by atoms with Gasteiger partial charge in [-0.2, -0.15) is 5.26 Å². The molecule has 5 heteroatoms. The fourth-order valence-corrected chi connectivity index (χ4v) is 2.43. The first-order valence-electron chi connectivity index (χ1n) is 5.98. The number of nitriles is 1. The van der Waals surface area contributed by atoms with Crippen LogP contribution in [0, 0.1) is 11.3 Å². The molecule has 1 saturated carbocycles. The number of aromatic nitrogens is 1. The van der Waals surface area contributed by atoms with E-state index >= 15 is 0 Å². The van der Waals surface area contributed by atoms with Crippen molar-refractivity contribution in [2.24, 2.45) is 0 Å². The third-order valence-electron chi connectivity index (χ3n) is 3.04. The molecule has 0 amide bonds. The lowest BCUT2D eigenvalue weighted by Gasteiger charge is -2.21. The maximum absolute atomic E-state index is 8.69. The Labute approximate surface area is 106 Å². The van der Waals surface area contributed by atoms with Gasteiger partial charge >= 0.3 is 0 Å². The normalized spacial score (nSPS) is 16.5. The molecule has 4 nitrogen and oxygen atoms in total. The van der Waals surface area contributed by atoms with E-state index < -0.39 is 0 Å². The Hall–Kier alpha value is -1.12. The molecule has 1 atom stereocenters. The van der Waals surface area contributed by atoms with Crippen molar-refractivity contribution in [1.29, 1.82) is 5.26 Å². The summed E-state index contributed by atoms with van der Waals surface area (Å²) in [6.07, 6.45) is 3.14. The summed E-state index contributed by atoms with van der Waals surface area (Å²) in [5, 5.41) is 15.2. The molecule has 2 rings (SSSR count). The zero-order chi connectivity index (χ0) is 12.3. The Morgan fingerprint density at radius 2 is 2.47 bits per heavy atom. The lowest BCUT2D eigenvalue weighted by Crippen LogP contribution is -2.28. The second-order valence-electron chi connectivity index (χ2n) is 4.60. The molecule has 1 aliphatic carbocycles. The highest BCUT2D eigenvalue weighted by atomic mass is 32.1. The van der Waals surface area contributed by atoms with E-state index in [0.717, 1.165) is 23.4 Å². The van der Waals surface area contributed by atoms with Crippen LogP contribution in [0.2, 0.25) is 0 Å². The first-order chi connectivity index (χ1) is 8.20. The van der Waals surface area contributed by atoms with Gasteiger partial charge in [-0.25, -0.2) is 4.98 Å². The quantitative estimate of drug-likeness (QED) is 0.840. The van der Waals surface area contributed by atoms with Gasteiger partial charge < -0.3 is 10.2 Å². The standard InChI is InChI=1S/C12H18N4S/c1-9(5-6-13)16(2)12-15-11(8-17-12)7-14-10-3-4-10/h8-10,14H,3-5,7H2,1-2H3. The number of hydrogen-bond donors (Lipinski definition) is 1. The van der Waals surface area contributed by atoms with E-state index in [1.165, 1.54) is 12.8 Å². The number of nitrogens with one attached hydrogen (secondary N) is 1. The SMILES string of the molecule is CC(CC#N)N(C)c1nc(CNC2CC2)cs1. The number of nitrogens with zero attached hydrogens (tertiary/aromatic N) is 3. The maximum atomic E-state index is 8.69. The number of rotatable bonds is 6. The highest BCUT2D eigenvalue weighted by Gasteiger charge is 2.20. The molecule has 1 aromatic heterocycles. The van der Waals surface area contributed by atoms with Gasteiger partial charge in [0, 0.05) is 31.1 Å². The molecule has 17 heavy (non-hydrogen) atoms. The average Bonchev–Trinajstić information content (AvgIpc) is 3.03. The van der Waals surface area contributed by atoms with Gasteiger partial charge in [0.15, 0.2) is 5.13 Å². The van der Waals surface area contributed by atoms with Crippen molar-refractivity contribution in [2.75, 3.05) is 11.9 Å². The van der Waals surface area contributed by atoms with Gasteiger partial charge in [-0.15, -0.1) is 11.3 Å². The third-order valence-corrected chi connectivity index (χ3v) is 4.02. The van der Waals surface area contributed by atoms with Gasteiger partial charge in [0.25, 0.3) is 0 Å². The van der Waals surface area contributed by atoms with Crippen molar-refractivity contribution in [3.8, 4) is 6.07 Å². The fraction of sp³-hybridized carbons (Fsp3) is 0.667. The van der Waals surface area contributed by atoms with Crippen molar-refractivity contribution >= 4 is 16.5 Å². The van der Waals surface area contributed by atoms with Crippen molar-refractivity contribution < 1.29 is 0 Å². The molecule has 92 valence electrons. The Kier molecular flexibility index (Phi) is 3.97. The van der Waals surface area contributed by atoms with Crippen LogP contribution < -0.4 is 10.2 Å². The first-order valence-corrected chi connectivity index (χ1v) is 6.86. The van der Waals surface area contributed by atoms with Crippen molar-refractivity contribution in [3.63, 3.8) is 0 Å². The van der Waals surface area contributed by atoms with Gasteiger partial charge in [-0.05, 0) is 19.8 Å². The van der Waals surface area contributed by atoms with E-state index in [-0.39, 0.29) is 6.04 Å². The first kappa shape index (κ1) is 12.3. The van der Waals surface area contributed by atoms with E-state index in [4.69, 9.17) is 5.26 Å². The third kappa shape index (κ3) is 3.42. The topological polar surface area (TPSA) is 52.0 Å². The molecular formula is C12H18N4S. The van der Waals surface area contributed by atoms with Gasteiger partial charge in [-0.1, -0.05) is 0 Å². The highest BCUT2D eigenvalue weighted by Crippen LogP contribution is 2.23. The summed E-state index contributed by atoms with van der Waals surface area (Å²) in [6.45, 7) is 2.91. The van der Waals surface area contributed by atoms with Gasteiger partial charge in [-0.3, -0.25) is 0 Å². The van der Waals surface area contributed by atoms with Gasteiger partial charge in [0.1, 0.15) is 0 Å². The molecule has 1 N–H and O–H groups in total. The van der Waals surface area contributed by atoms with Crippen LogP contribution in [0.3, 0.4) is 0 Å². The van der Waals surface area contributed by atoms with Crippen LogP contribution in [0.5, 0.6) is 0 Å². The Morgan fingerprint density at radius 1 is 1.71 bits per heavy atom. The summed E-state index contributed by atoms with van der Waals surface area (Å²) in [4.78, 5) is 6.66. The number of thiazole rings is 1. The lowest BCUT2D eigenvalue weighted by molar-refractivity contribution is 0.670. The van der Waals surface area contributed by atoms with Crippen LogP contribution in [-0.2, 0) is 6.54 Å². The van der Waals surface area contributed by atoms with E-state index in [9.17, 15) is 0 Å². The van der Waals surface area contributed by atoms with Crippen LogP contribution >= 0.6 is 11.3 Å². The molecule has 1 aromatic rings. The van der Waals surface area contributed by atoms with Crippen LogP contribution in [0.4, 0.5) is 5.13 Å². The van der Waals surface area contributed by atoms with Crippen molar-refractivity contribution in [2.45, 2.75) is 44.8 Å². The highest BCUT2D eigenvalue weighted by molar-refractivity contribution is 7.13. The Morgan fingerprint density at radius 3 is 3.12 bits per heavy atom. The summed E-state index contributed by atoms with van der Waals surface area (Å²) in [7, 11) is 2.00. The van der Waals surface area contributed by atoms with Crippen molar-refractivity contribution in [1.82, 2.24) is 10.3 Å². The lowest BCUT2D eigenvalue weighted by atomic mass is 10.2. The number of anilines is 1. The molecule has 1 heterocycles. The molecule has 1 aliphatic rings. The van der Waals surface area contributed by atoms with Gasteiger partial charge in [0.2, 0.25) is 0 Å². The molecule has 1 fully saturated rings. The minimum absolute atomic E-state index is 0.218. The zero-order valence-corrected chi connectivity index (χ0v) is 11.1. The minimum Gasteiger partial charge on any atom is -0.347 e. The Balaban J connectivity index is 1.89. The van der Waals surface area contributed by atoms with Crippen molar-refractivity contribution in [3.05, 3.63) is 11.1 Å². The predicted octanol–water partition coefficient (Wildman–Crippen LogP) is 2.13. The molecule has 1 unspecified atom stereocenters. The summed E-state index contributed by atoms with van der Waals surface area (Å²) in [6, 6.07) is 3.13. The van der Waals surface area contributed by atoms with E-state index in [1.807, 2.05) is 14.0 Å². The van der Waals surface area contributed by atoms with Crippen LogP contribution in [-0.4, -0.2) is 24.1 Å². The predicted molar refractivity (Wildman–Crippen MR) is 70.1 cm³/mol. The minimum atomic E-state index is 0.218. The summed E-state index contributed by atoms with van der Waals surface area (Å²) >= 11 is 1.65. The van der Waals surface area contributed by atoms with Crippen LogP contribution in [0.1, 0.15) is 31.9 Å². The second kappa shape index (κ2) is 5.48. The monoisotopic (exact) mass is 250 g/mol. The Bertz CT molecular complexity index is 405. The largest absolute Gasteiger partial charge is 0.347 e. The molecule has 0 saturated heterocycles. The summed E-state index contributed by atoms with van der Waals surface area (Å²) in [5.74, 6) is 0. The summed E-state index contributed by atoms with van der Waals surface area (Å²) in [5.41, 5.74) is 1.10.